The quantitative estimate of drug-likeness (QED) is 0.809. The van der Waals surface area contributed by atoms with Crippen molar-refractivity contribution in [1.29, 1.82) is 0 Å². The van der Waals surface area contributed by atoms with Crippen LogP contribution in [0.2, 0.25) is 0 Å². The summed E-state index contributed by atoms with van der Waals surface area (Å²) < 4.78 is 29.9. The molecule has 1 aromatic heterocycles. The molecule has 120 valence electrons. The Kier molecular flexibility index (Phi) is 5.70. The van der Waals surface area contributed by atoms with E-state index < -0.39 is 10.0 Å². The molecule has 0 unspecified atom stereocenters. The lowest BCUT2D eigenvalue weighted by Gasteiger charge is -2.22. The largest absolute Gasteiger partial charge is 0.318 e. The molecule has 1 aliphatic rings. The summed E-state index contributed by atoms with van der Waals surface area (Å²) in [5.41, 5.74) is 1.28. The average Bonchev–Trinajstić information content (AvgIpc) is 2.72. The van der Waals surface area contributed by atoms with E-state index in [0.29, 0.717) is 22.8 Å². The number of hydrogen-bond donors (Lipinski definition) is 2. The molecule has 1 fully saturated rings. The number of hydrogen-bond acceptors (Lipinski definition) is 5. The fraction of sp³-hybridized carbons (Fsp3) is 0.769. The molecule has 2 N–H and O–H groups in total. The van der Waals surface area contributed by atoms with E-state index >= 15 is 0 Å². The Morgan fingerprint density at radius 3 is 2.62 bits per heavy atom. The van der Waals surface area contributed by atoms with Crippen LogP contribution in [-0.2, 0) is 16.6 Å². The van der Waals surface area contributed by atoms with Gasteiger partial charge in [0, 0.05) is 12.6 Å². The van der Waals surface area contributed by atoms with Crippen molar-refractivity contribution in [3.63, 3.8) is 0 Å². The topological polar surface area (TPSA) is 76.0 Å². The minimum atomic E-state index is -3.49. The lowest BCUT2D eigenvalue weighted by atomic mass is 10.2. The summed E-state index contributed by atoms with van der Waals surface area (Å²) >= 11 is 1.88. The Labute approximate surface area is 131 Å². The molecule has 0 saturated carbocycles. The molecule has 2 heterocycles. The van der Waals surface area contributed by atoms with Gasteiger partial charge in [0.25, 0.3) is 0 Å². The van der Waals surface area contributed by atoms with Gasteiger partial charge in [-0.3, -0.25) is 4.68 Å². The molecule has 6 nitrogen and oxygen atoms in total. The Bertz CT molecular complexity index is 577. The normalized spacial score (nSPS) is 17.3. The molecule has 1 aromatic rings. The number of aryl methyl sites for hydroxylation is 1. The number of nitrogens with one attached hydrogen (secondary N) is 2. The number of sulfonamides is 1. The van der Waals surface area contributed by atoms with Crippen LogP contribution in [0.3, 0.4) is 0 Å². The van der Waals surface area contributed by atoms with Gasteiger partial charge < -0.3 is 5.32 Å². The van der Waals surface area contributed by atoms with Gasteiger partial charge >= 0.3 is 0 Å². The van der Waals surface area contributed by atoms with Crippen LogP contribution in [0.4, 0.5) is 0 Å². The fourth-order valence-electron chi connectivity index (χ4n) is 2.60. The van der Waals surface area contributed by atoms with Crippen molar-refractivity contribution in [3.05, 3.63) is 11.4 Å². The number of thioether (sulfide) groups is 1. The van der Waals surface area contributed by atoms with E-state index in [1.807, 2.05) is 25.7 Å². The molecule has 0 bridgehead atoms. The van der Waals surface area contributed by atoms with Crippen molar-refractivity contribution in [1.82, 2.24) is 19.8 Å². The van der Waals surface area contributed by atoms with Gasteiger partial charge in [-0.1, -0.05) is 0 Å². The summed E-state index contributed by atoms with van der Waals surface area (Å²) in [4.78, 5) is 0.344. The van der Waals surface area contributed by atoms with E-state index in [9.17, 15) is 8.42 Å². The first kappa shape index (κ1) is 16.8. The first-order valence-electron chi connectivity index (χ1n) is 7.24. The highest BCUT2D eigenvalue weighted by Crippen LogP contribution is 2.23. The van der Waals surface area contributed by atoms with E-state index in [1.165, 1.54) is 0 Å². The Balaban J connectivity index is 2.20. The lowest BCUT2D eigenvalue weighted by Crippen LogP contribution is -2.37. The third-order valence-electron chi connectivity index (χ3n) is 3.70. The van der Waals surface area contributed by atoms with Crippen molar-refractivity contribution in [2.75, 3.05) is 25.1 Å². The first-order chi connectivity index (χ1) is 9.95. The first-order valence-corrected chi connectivity index (χ1v) is 9.88. The standard InChI is InChI=1S/C13H24N4O2S2/c1-10-13(11(2)17(15-10)7-6-14-3)21(18,19)16-12-4-8-20-9-5-12/h12,14,16H,4-9H2,1-3H3. The maximum absolute atomic E-state index is 12.6. The highest BCUT2D eigenvalue weighted by molar-refractivity contribution is 7.99. The van der Waals surface area contributed by atoms with Crippen molar-refractivity contribution in [2.24, 2.45) is 0 Å². The van der Waals surface area contributed by atoms with E-state index in [0.717, 1.165) is 30.9 Å². The highest BCUT2D eigenvalue weighted by Gasteiger charge is 2.27. The Morgan fingerprint density at radius 2 is 2.00 bits per heavy atom. The minimum absolute atomic E-state index is 0.0516. The van der Waals surface area contributed by atoms with Crippen LogP contribution in [0.25, 0.3) is 0 Å². The predicted octanol–water partition coefficient (Wildman–Crippen LogP) is 0.893. The van der Waals surface area contributed by atoms with Crippen molar-refractivity contribution >= 4 is 21.8 Å². The number of rotatable bonds is 6. The zero-order valence-corrected chi connectivity index (χ0v) is 14.5. The van der Waals surface area contributed by atoms with Crippen LogP contribution in [0.15, 0.2) is 4.90 Å². The lowest BCUT2D eigenvalue weighted by molar-refractivity contribution is 0.527. The second kappa shape index (κ2) is 7.13. The van der Waals surface area contributed by atoms with Crippen LogP contribution in [-0.4, -0.2) is 49.3 Å². The second-order valence-corrected chi connectivity index (χ2v) is 8.21. The van der Waals surface area contributed by atoms with Crippen LogP contribution in [0, 0.1) is 13.8 Å². The number of aromatic nitrogens is 2. The third-order valence-corrected chi connectivity index (χ3v) is 6.52. The molecule has 0 atom stereocenters. The molecule has 0 aliphatic carbocycles. The second-order valence-electron chi connectivity index (χ2n) is 5.33. The molecular formula is C13H24N4O2S2. The van der Waals surface area contributed by atoms with E-state index in [1.54, 1.807) is 11.6 Å². The van der Waals surface area contributed by atoms with Crippen LogP contribution in [0.1, 0.15) is 24.2 Å². The SMILES string of the molecule is CNCCn1nc(C)c(S(=O)(=O)NC2CCSCC2)c1C. The Hall–Kier alpha value is -0.570. The molecule has 8 heteroatoms. The highest BCUT2D eigenvalue weighted by atomic mass is 32.2. The Morgan fingerprint density at radius 1 is 1.33 bits per heavy atom. The zero-order chi connectivity index (χ0) is 15.5. The van der Waals surface area contributed by atoms with Crippen molar-refractivity contribution in [2.45, 2.75) is 44.2 Å². The molecule has 1 aliphatic heterocycles. The van der Waals surface area contributed by atoms with Gasteiger partial charge in [-0.25, -0.2) is 13.1 Å². The summed E-state index contributed by atoms with van der Waals surface area (Å²) in [7, 11) is -1.62. The average molecular weight is 332 g/mol. The number of nitrogens with zero attached hydrogens (tertiary/aromatic N) is 2. The van der Waals surface area contributed by atoms with Gasteiger partial charge in [0.1, 0.15) is 4.90 Å². The summed E-state index contributed by atoms with van der Waals surface area (Å²) in [5.74, 6) is 2.04. The van der Waals surface area contributed by atoms with E-state index in [4.69, 9.17) is 0 Å². The molecule has 0 aromatic carbocycles. The molecule has 21 heavy (non-hydrogen) atoms. The summed E-state index contributed by atoms with van der Waals surface area (Å²) in [5, 5.41) is 7.41. The molecule has 0 radical (unpaired) electrons. The fourth-order valence-corrected chi connectivity index (χ4v) is 5.42. The summed E-state index contributed by atoms with van der Waals surface area (Å²) in [6.07, 6.45) is 1.80. The van der Waals surface area contributed by atoms with E-state index in [2.05, 4.69) is 15.1 Å². The third kappa shape index (κ3) is 4.00. The number of likely N-dealkylation sites (N-methyl/N-ethyl adjacent to an activating group) is 1. The zero-order valence-electron chi connectivity index (χ0n) is 12.8. The van der Waals surface area contributed by atoms with Gasteiger partial charge in [-0.15, -0.1) is 0 Å². The van der Waals surface area contributed by atoms with Crippen molar-refractivity contribution in [3.8, 4) is 0 Å². The van der Waals surface area contributed by atoms with Gasteiger partial charge in [0.2, 0.25) is 10.0 Å². The molecule has 0 spiro atoms. The minimum Gasteiger partial charge on any atom is -0.318 e. The smallest absolute Gasteiger partial charge is 0.244 e. The van der Waals surface area contributed by atoms with Gasteiger partial charge in [0.15, 0.2) is 0 Å². The van der Waals surface area contributed by atoms with E-state index in [-0.39, 0.29) is 6.04 Å². The summed E-state index contributed by atoms with van der Waals surface area (Å²) in [6.45, 7) is 5.00. The monoisotopic (exact) mass is 332 g/mol. The van der Waals surface area contributed by atoms with Crippen LogP contribution < -0.4 is 10.0 Å². The molecule has 1 saturated heterocycles. The van der Waals surface area contributed by atoms with Gasteiger partial charge in [0.05, 0.1) is 17.9 Å². The van der Waals surface area contributed by atoms with Gasteiger partial charge in [-0.05, 0) is 45.2 Å². The maximum atomic E-state index is 12.6. The van der Waals surface area contributed by atoms with Crippen molar-refractivity contribution < 1.29 is 8.42 Å². The van der Waals surface area contributed by atoms with Gasteiger partial charge in [-0.2, -0.15) is 16.9 Å². The van der Waals surface area contributed by atoms with Crippen LogP contribution in [0.5, 0.6) is 0 Å². The molecule has 0 amide bonds. The van der Waals surface area contributed by atoms with Crippen LogP contribution >= 0.6 is 11.8 Å². The molecular weight excluding hydrogens is 308 g/mol. The summed E-state index contributed by atoms with van der Waals surface area (Å²) in [6, 6.07) is 0.0516. The molecule has 2 rings (SSSR count). The maximum Gasteiger partial charge on any atom is 0.244 e. The predicted molar refractivity (Wildman–Crippen MR) is 86.3 cm³/mol.